The summed E-state index contributed by atoms with van der Waals surface area (Å²) in [6.07, 6.45) is 0.548. The minimum Gasteiger partial charge on any atom is -0.508 e. The second kappa shape index (κ2) is 4.44. The summed E-state index contributed by atoms with van der Waals surface area (Å²) >= 11 is 0. The minimum atomic E-state index is -0.152. The summed E-state index contributed by atoms with van der Waals surface area (Å²) in [7, 11) is 0. The molecule has 1 rings (SSSR count). The smallest absolute Gasteiger partial charge is 0.116 e. The third-order valence-corrected chi connectivity index (χ3v) is 2.39. The van der Waals surface area contributed by atoms with Crippen LogP contribution in [0.15, 0.2) is 12.1 Å². The van der Waals surface area contributed by atoms with Crippen LogP contribution in [0.25, 0.3) is 0 Å². The molecule has 78 valence electrons. The summed E-state index contributed by atoms with van der Waals surface area (Å²) in [5.41, 5.74) is 8.89. The lowest BCUT2D eigenvalue weighted by molar-refractivity contribution is 0.276. The van der Waals surface area contributed by atoms with E-state index in [2.05, 4.69) is 0 Å². The lowest BCUT2D eigenvalue weighted by atomic mass is 9.94. The van der Waals surface area contributed by atoms with Gasteiger partial charge in [0, 0.05) is 12.6 Å². The summed E-state index contributed by atoms with van der Waals surface area (Å²) in [4.78, 5) is 0. The Kier molecular flexibility index (Phi) is 3.49. The average Bonchev–Trinajstić information content (AvgIpc) is 2.01. The number of hydrogen-bond acceptors (Lipinski definition) is 3. The van der Waals surface area contributed by atoms with E-state index < -0.39 is 0 Å². The molecular formula is C11H17NO2. The zero-order valence-electron chi connectivity index (χ0n) is 8.62. The lowest BCUT2D eigenvalue weighted by Gasteiger charge is -2.16. The van der Waals surface area contributed by atoms with Gasteiger partial charge in [-0.1, -0.05) is 0 Å². The number of aromatic hydroxyl groups is 1. The SMILES string of the molecule is Cc1cc(O)cc(C)c1[C@H](N)CCO. The third-order valence-electron chi connectivity index (χ3n) is 2.39. The molecule has 1 atom stereocenters. The number of phenols is 1. The third kappa shape index (κ3) is 2.25. The Hall–Kier alpha value is -1.06. The van der Waals surface area contributed by atoms with Gasteiger partial charge in [0.15, 0.2) is 0 Å². The van der Waals surface area contributed by atoms with Crippen molar-refractivity contribution < 1.29 is 10.2 Å². The van der Waals surface area contributed by atoms with Crippen LogP contribution in [0.5, 0.6) is 5.75 Å². The van der Waals surface area contributed by atoms with Gasteiger partial charge in [0.05, 0.1) is 0 Å². The van der Waals surface area contributed by atoms with E-state index in [0.29, 0.717) is 6.42 Å². The van der Waals surface area contributed by atoms with E-state index in [4.69, 9.17) is 10.8 Å². The standard InChI is InChI=1S/C11H17NO2/c1-7-5-9(14)6-8(2)11(7)10(12)3-4-13/h5-6,10,13-14H,3-4,12H2,1-2H3/t10-/m1/s1. The summed E-state index contributed by atoms with van der Waals surface area (Å²) in [6, 6.07) is 3.24. The van der Waals surface area contributed by atoms with E-state index in [9.17, 15) is 5.11 Å². The Morgan fingerprint density at radius 1 is 1.29 bits per heavy atom. The number of rotatable bonds is 3. The largest absolute Gasteiger partial charge is 0.508 e. The fraction of sp³-hybridized carbons (Fsp3) is 0.455. The highest BCUT2D eigenvalue weighted by Crippen LogP contribution is 2.26. The Morgan fingerprint density at radius 2 is 1.79 bits per heavy atom. The van der Waals surface area contributed by atoms with E-state index in [0.717, 1.165) is 16.7 Å². The molecule has 0 spiro atoms. The van der Waals surface area contributed by atoms with Crippen LogP contribution in [0.3, 0.4) is 0 Å². The molecule has 0 saturated heterocycles. The van der Waals surface area contributed by atoms with Crippen molar-refractivity contribution in [1.29, 1.82) is 0 Å². The molecule has 0 aliphatic carbocycles. The van der Waals surface area contributed by atoms with Gasteiger partial charge in [-0.15, -0.1) is 0 Å². The van der Waals surface area contributed by atoms with Crippen LogP contribution in [-0.2, 0) is 0 Å². The van der Waals surface area contributed by atoms with E-state index in [1.165, 1.54) is 0 Å². The molecule has 3 nitrogen and oxygen atoms in total. The highest BCUT2D eigenvalue weighted by molar-refractivity contribution is 5.42. The van der Waals surface area contributed by atoms with Crippen molar-refractivity contribution in [2.24, 2.45) is 5.73 Å². The van der Waals surface area contributed by atoms with Gasteiger partial charge in [-0.25, -0.2) is 0 Å². The van der Waals surface area contributed by atoms with Gasteiger partial charge in [0.1, 0.15) is 5.75 Å². The first kappa shape index (κ1) is 11.0. The fourth-order valence-corrected chi connectivity index (χ4v) is 1.82. The van der Waals surface area contributed by atoms with Crippen molar-refractivity contribution in [3.8, 4) is 5.75 Å². The van der Waals surface area contributed by atoms with E-state index in [1.807, 2.05) is 13.8 Å². The molecule has 0 aliphatic rings. The molecule has 0 fully saturated rings. The second-order valence-corrected chi connectivity index (χ2v) is 3.61. The van der Waals surface area contributed by atoms with E-state index in [-0.39, 0.29) is 18.4 Å². The minimum absolute atomic E-state index is 0.0842. The molecule has 0 bridgehead atoms. The van der Waals surface area contributed by atoms with Crippen LogP contribution in [-0.4, -0.2) is 16.8 Å². The average molecular weight is 195 g/mol. The van der Waals surface area contributed by atoms with Crippen LogP contribution in [0.2, 0.25) is 0 Å². The lowest BCUT2D eigenvalue weighted by Crippen LogP contribution is -2.14. The first-order valence-corrected chi connectivity index (χ1v) is 4.72. The summed E-state index contributed by atoms with van der Waals surface area (Å²) < 4.78 is 0. The number of phenolic OH excluding ortho intramolecular Hbond substituents is 1. The van der Waals surface area contributed by atoms with Gasteiger partial charge in [0.2, 0.25) is 0 Å². The van der Waals surface area contributed by atoms with E-state index in [1.54, 1.807) is 12.1 Å². The molecule has 3 heteroatoms. The van der Waals surface area contributed by atoms with Crippen molar-refractivity contribution in [3.63, 3.8) is 0 Å². The van der Waals surface area contributed by atoms with Crippen LogP contribution >= 0.6 is 0 Å². The van der Waals surface area contributed by atoms with Gasteiger partial charge in [0.25, 0.3) is 0 Å². The summed E-state index contributed by atoms with van der Waals surface area (Å²) in [5.74, 6) is 0.264. The number of benzene rings is 1. The number of aliphatic hydroxyl groups is 1. The summed E-state index contributed by atoms with van der Waals surface area (Å²) in [5, 5.41) is 18.1. The second-order valence-electron chi connectivity index (χ2n) is 3.61. The predicted octanol–water partition coefficient (Wildman–Crippen LogP) is 1.39. The van der Waals surface area contributed by atoms with Crippen molar-refractivity contribution in [2.75, 3.05) is 6.61 Å². The molecule has 1 aromatic rings. The van der Waals surface area contributed by atoms with Crippen LogP contribution in [0.4, 0.5) is 0 Å². The molecule has 0 heterocycles. The maximum absolute atomic E-state index is 9.34. The van der Waals surface area contributed by atoms with Crippen molar-refractivity contribution >= 4 is 0 Å². The van der Waals surface area contributed by atoms with Crippen LogP contribution in [0, 0.1) is 13.8 Å². The predicted molar refractivity (Wildman–Crippen MR) is 56.2 cm³/mol. The fourth-order valence-electron chi connectivity index (χ4n) is 1.82. The van der Waals surface area contributed by atoms with Crippen LogP contribution < -0.4 is 5.73 Å². The molecule has 0 unspecified atom stereocenters. The molecule has 0 aliphatic heterocycles. The summed E-state index contributed by atoms with van der Waals surface area (Å²) in [6.45, 7) is 3.92. The van der Waals surface area contributed by atoms with Gasteiger partial charge in [-0.05, 0) is 49.1 Å². The van der Waals surface area contributed by atoms with Gasteiger partial charge in [-0.3, -0.25) is 0 Å². The quantitative estimate of drug-likeness (QED) is 0.682. The van der Waals surface area contributed by atoms with Gasteiger partial charge < -0.3 is 15.9 Å². The topological polar surface area (TPSA) is 66.5 Å². The molecule has 0 radical (unpaired) electrons. The van der Waals surface area contributed by atoms with Crippen molar-refractivity contribution in [3.05, 3.63) is 28.8 Å². The molecule has 0 aromatic heterocycles. The molecule has 0 saturated carbocycles. The van der Waals surface area contributed by atoms with Crippen LogP contribution in [0.1, 0.15) is 29.2 Å². The first-order chi connectivity index (χ1) is 6.56. The van der Waals surface area contributed by atoms with Crippen molar-refractivity contribution in [1.82, 2.24) is 0 Å². The Balaban J connectivity index is 3.07. The van der Waals surface area contributed by atoms with Gasteiger partial charge >= 0.3 is 0 Å². The normalized spacial score (nSPS) is 12.9. The molecule has 4 N–H and O–H groups in total. The molecule has 1 aromatic carbocycles. The Morgan fingerprint density at radius 3 is 2.21 bits per heavy atom. The maximum atomic E-state index is 9.34. The van der Waals surface area contributed by atoms with Gasteiger partial charge in [-0.2, -0.15) is 0 Å². The molecule has 14 heavy (non-hydrogen) atoms. The number of aryl methyl sites for hydroxylation is 2. The molecule has 0 amide bonds. The Labute approximate surface area is 84.2 Å². The number of aliphatic hydroxyl groups excluding tert-OH is 1. The van der Waals surface area contributed by atoms with Crippen molar-refractivity contribution in [2.45, 2.75) is 26.3 Å². The zero-order chi connectivity index (χ0) is 10.7. The zero-order valence-corrected chi connectivity index (χ0v) is 8.62. The first-order valence-electron chi connectivity index (χ1n) is 4.72. The van der Waals surface area contributed by atoms with E-state index >= 15 is 0 Å². The number of hydrogen-bond donors (Lipinski definition) is 3. The highest BCUT2D eigenvalue weighted by atomic mass is 16.3. The highest BCUT2D eigenvalue weighted by Gasteiger charge is 2.12. The maximum Gasteiger partial charge on any atom is 0.116 e. The monoisotopic (exact) mass is 195 g/mol. The Bertz CT molecular complexity index is 300. The molecular weight excluding hydrogens is 178 g/mol. The number of nitrogens with two attached hydrogens (primary N) is 1.